The highest BCUT2D eigenvalue weighted by atomic mass is 16.4. The normalized spacial score (nSPS) is 13.8. The minimum absolute atomic E-state index is 0.0204. The number of rotatable bonds is 11. The molecule has 0 aliphatic heterocycles. The van der Waals surface area contributed by atoms with Crippen LogP contribution in [-0.2, 0) is 17.8 Å². The highest BCUT2D eigenvalue weighted by Crippen LogP contribution is 2.33. The molecule has 0 amide bonds. The predicted molar refractivity (Wildman–Crippen MR) is 123 cm³/mol. The molecule has 2 aromatic rings. The number of nitrogens with zero attached hydrogens (tertiary/aromatic N) is 1. The van der Waals surface area contributed by atoms with Gasteiger partial charge in [0.05, 0.1) is 12.5 Å². The van der Waals surface area contributed by atoms with Gasteiger partial charge in [0, 0.05) is 18.0 Å². The van der Waals surface area contributed by atoms with Gasteiger partial charge in [-0.1, -0.05) is 55.5 Å². The standard InChI is InChI=1S/C26H37NO3/c1-18(2)27(19(3)4)14-13-24(22-9-7-6-8-10-22)25-16-21(17-28)11-12-23(25)15-20(5)26(29)30/h6-12,16,18-20,24,28H,13-15,17H2,1-5H3,(H,29,30)/t20?,24-/m1/s1. The van der Waals surface area contributed by atoms with Gasteiger partial charge >= 0.3 is 5.97 Å². The molecule has 164 valence electrons. The van der Waals surface area contributed by atoms with E-state index < -0.39 is 11.9 Å². The second-order valence-electron chi connectivity index (χ2n) is 8.81. The Kier molecular flexibility index (Phi) is 9.07. The van der Waals surface area contributed by atoms with Gasteiger partial charge in [-0.3, -0.25) is 9.69 Å². The van der Waals surface area contributed by atoms with Crippen LogP contribution in [0.3, 0.4) is 0 Å². The highest BCUT2D eigenvalue weighted by Gasteiger charge is 2.23. The predicted octanol–water partition coefficient (Wildman–Crippen LogP) is 5.08. The Morgan fingerprint density at radius 1 is 0.967 bits per heavy atom. The van der Waals surface area contributed by atoms with Gasteiger partial charge in [-0.2, -0.15) is 0 Å². The number of hydrogen-bond acceptors (Lipinski definition) is 3. The van der Waals surface area contributed by atoms with Gasteiger partial charge in [0.15, 0.2) is 0 Å². The van der Waals surface area contributed by atoms with Crippen LogP contribution in [-0.4, -0.2) is 39.7 Å². The summed E-state index contributed by atoms with van der Waals surface area (Å²) in [6.45, 7) is 11.6. The van der Waals surface area contributed by atoms with E-state index in [1.165, 1.54) is 5.56 Å². The average molecular weight is 412 g/mol. The molecule has 4 nitrogen and oxygen atoms in total. The number of aliphatic carboxylic acids is 1. The monoisotopic (exact) mass is 411 g/mol. The molecule has 2 aromatic carbocycles. The molecule has 2 N–H and O–H groups in total. The third-order valence-corrected chi connectivity index (χ3v) is 5.92. The topological polar surface area (TPSA) is 60.8 Å². The first kappa shape index (κ1) is 24.1. The van der Waals surface area contributed by atoms with Crippen molar-refractivity contribution in [2.24, 2.45) is 5.92 Å². The molecule has 0 aliphatic carbocycles. The summed E-state index contributed by atoms with van der Waals surface area (Å²) in [4.78, 5) is 14.0. The van der Waals surface area contributed by atoms with E-state index in [9.17, 15) is 15.0 Å². The lowest BCUT2D eigenvalue weighted by Gasteiger charge is -2.33. The van der Waals surface area contributed by atoms with Crippen LogP contribution in [0.25, 0.3) is 0 Å². The Bertz CT molecular complexity index is 793. The van der Waals surface area contributed by atoms with Crippen LogP contribution in [0.2, 0.25) is 0 Å². The van der Waals surface area contributed by atoms with Crippen LogP contribution in [0.1, 0.15) is 69.2 Å². The number of benzene rings is 2. The van der Waals surface area contributed by atoms with Crippen molar-refractivity contribution in [2.45, 2.75) is 72.1 Å². The van der Waals surface area contributed by atoms with Crippen molar-refractivity contribution in [1.82, 2.24) is 4.90 Å². The molecule has 2 rings (SSSR count). The fraction of sp³-hybridized carbons (Fsp3) is 0.500. The van der Waals surface area contributed by atoms with Gasteiger partial charge in [0.2, 0.25) is 0 Å². The van der Waals surface area contributed by atoms with E-state index in [0.717, 1.165) is 29.7 Å². The van der Waals surface area contributed by atoms with E-state index >= 15 is 0 Å². The molecule has 0 aliphatic rings. The van der Waals surface area contributed by atoms with Gasteiger partial charge in [0.25, 0.3) is 0 Å². The average Bonchev–Trinajstić information content (AvgIpc) is 2.71. The third kappa shape index (κ3) is 6.41. The summed E-state index contributed by atoms with van der Waals surface area (Å²) in [5.41, 5.74) is 4.27. The van der Waals surface area contributed by atoms with Crippen molar-refractivity contribution in [1.29, 1.82) is 0 Å². The second-order valence-corrected chi connectivity index (χ2v) is 8.81. The van der Waals surface area contributed by atoms with Gasteiger partial charge in [-0.05, 0) is 69.3 Å². The first-order valence-corrected chi connectivity index (χ1v) is 11.0. The maximum atomic E-state index is 11.5. The molecule has 30 heavy (non-hydrogen) atoms. The van der Waals surface area contributed by atoms with E-state index in [0.29, 0.717) is 18.5 Å². The minimum Gasteiger partial charge on any atom is -0.481 e. The van der Waals surface area contributed by atoms with E-state index in [1.807, 2.05) is 18.2 Å². The number of aliphatic hydroxyl groups excluding tert-OH is 1. The van der Waals surface area contributed by atoms with Crippen LogP contribution in [0.5, 0.6) is 0 Å². The molecule has 0 heterocycles. The van der Waals surface area contributed by atoms with Crippen molar-refractivity contribution in [3.63, 3.8) is 0 Å². The van der Waals surface area contributed by atoms with Crippen LogP contribution in [0, 0.1) is 5.92 Å². The molecule has 0 bridgehead atoms. The van der Waals surface area contributed by atoms with Gasteiger partial charge in [-0.25, -0.2) is 0 Å². The van der Waals surface area contributed by atoms with Crippen LogP contribution >= 0.6 is 0 Å². The zero-order valence-corrected chi connectivity index (χ0v) is 19.0. The number of aliphatic hydroxyl groups is 1. The molecule has 0 saturated carbocycles. The maximum absolute atomic E-state index is 11.5. The molecule has 0 saturated heterocycles. The number of carbonyl (C=O) groups is 1. The first-order valence-electron chi connectivity index (χ1n) is 11.0. The molecule has 1 unspecified atom stereocenters. The lowest BCUT2D eigenvalue weighted by atomic mass is 9.82. The van der Waals surface area contributed by atoms with Crippen molar-refractivity contribution in [2.75, 3.05) is 6.54 Å². The fourth-order valence-corrected chi connectivity index (χ4v) is 4.25. The minimum atomic E-state index is -0.783. The van der Waals surface area contributed by atoms with Crippen molar-refractivity contribution < 1.29 is 15.0 Å². The molecule has 0 radical (unpaired) electrons. The van der Waals surface area contributed by atoms with Crippen LogP contribution < -0.4 is 0 Å². The summed E-state index contributed by atoms with van der Waals surface area (Å²) < 4.78 is 0. The molecular formula is C26H37NO3. The second kappa shape index (κ2) is 11.3. The fourth-order valence-electron chi connectivity index (χ4n) is 4.25. The summed E-state index contributed by atoms with van der Waals surface area (Å²) in [6, 6.07) is 17.3. The smallest absolute Gasteiger partial charge is 0.306 e. The Hall–Kier alpha value is -2.17. The molecular weight excluding hydrogens is 374 g/mol. The SMILES string of the molecule is CC(Cc1ccc(CO)cc1[C@H](CCN(C(C)C)C(C)C)c1ccccc1)C(=O)O. The van der Waals surface area contributed by atoms with E-state index in [2.05, 4.69) is 62.9 Å². The summed E-state index contributed by atoms with van der Waals surface area (Å²) >= 11 is 0. The molecule has 2 atom stereocenters. The number of hydrogen-bond donors (Lipinski definition) is 2. The quantitative estimate of drug-likeness (QED) is 0.541. The van der Waals surface area contributed by atoms with Crippen molar-refractivity contribution in [3.05, 3.63) is 70.8 Å². The highest BCUT2D eigenvalue weighted by molar-refractivity contribution is 5.70. The number of carboxylic acids is 1. The van der Waals surface area contributed by atoms with E-state index in [1.54, 1.807) is 6.92 Å². The van der Waals surface area contributed by atoms with E-state index in [4.69, 9.17) is 0 Å². The maximum Gasteiger partial charge on any atom is 0.306 e. The first-order chi connectivity index (χ1) is 14.2. The van der Waals surface area contributed by atoms with Crippen LogP contribution in [0.4, 0.5) is 0 Å². The summed E-state index contributed by atoms with van der Waals surface area (Å²) in [5.74, 6) is -1.09. The van der Waals surface area contributed by atoms with Gasteiger partial charge < -0.3 is 10.2 Å². The molecule has 0 spiro atoms. The largest absolute Gasteiger partial charge is 0.481 e. The zero-order valence-electron chi connectivity index (χ0n) is 19.0. The Labute approximate surface area is 181 Å². The summed E-state index contributed by atoms with van der Waals surface area (Å²) in [7, 11) is 0. The Morgan fingerprint density at radius 2 is 1.60 bits per heavy atom. The molecule has 0 fully saturated rings. The summed E-state index contributed by atoms with van der Waals surface area (Å²) in [5, 5.41) is 19.2. The lowest BCUT2D eigenvalue weighted by molar-refractivity contribution is -0.141. The summed E-state index contributed by atoms with van der Waals surface area (Å²) in [6.07, 6.45) is 1.42. The van der Waals surface area contributed by atoms with Crippen LogP contribution in [0.15, 0.2) is 48.5 Å². The Morgan fingerprint density at radius 3 is 2.13 bits per heavy atom. The van der Waals surface area contributed by atoms with Crippen molar-refractivity contribution >= 4 is 5.97 Å². The van der Waals surface area contributed by atoms with Crippen molar-refractivity contribution in [3.8, 4) is 0 Å². The lowest BCUT2D eigenvalue weighted by Crippen LogP contribution is -2.38. The van der Waals surface area contributed by atoms with Gasteiger partial charge in [-0.15, -0.1) is 0 Å². The van der Waals surface area contributed by atoms with E-state index in [-0.39, 0.29) is 12.5 Å². The Balaban J connectivity index is 2.47. The number of carboxylic acid groups (broad SMARTS) is 1. The van der Waals surface area contributed by atoms with Gasteiger partial charge in [0.1, 0.15) is 0 Å². The molecule has 4 heteroatoms. The third-order valence-electron chi connectivity index (χ3n) is 5.92. The molecule has 0 aromatic heterocycles. The zero-order chi connectivity index (χ0) is 22.3.